The van der Waals surface area contributed by atoms with E-state index in [4.69, 9.17) is 26.1 Å². The zero-order valence-electron chi connectivity index (χ0n) is 21.5. The lowest BCUT2D eigenvalue weighted by Gasteiger charge is -2.25. The third-order valence-corrected chi connectivity index (χ3v) is 7.07. The fourth-order valence-electron chi connectivity index (χ4n) is 4.73. The number of unbranched alkanes of at least 4 members (excludes halogenated alkanes) is 1. The van der Waals surface area contributed by atoms with Gasteiger partial charge in [-0.1, -0.05) is 61.3 Å². The van der Waals surface area contributed by atoms with E-state index in [0.29, 0.717) is 35.2 Å². The Bertz CT molecular complexity index is 1420. The second-order valence-electron chi connectivity index (χ2n) is 9.58. The molecular formula is C30H29ClF3N3O2. The Morgan fingerprint density at radius 2 is 1.74 bits per heavy atom. The van der Waals surface area contributed by atoms with Crippen LogP contribution in [-0.4, -0.2) is 21.2 Å². The minimum Gasteiger partial charge on any atom is -0.454 e. The Kier molecular flexibility index (Phi) is 8.14. The van der Waals surface area contributed by atoms with Crippen molar-refractivity contribution in [3.63, 3.8) is 0 Å². The summed E-state index contributed by atoms with van der Waals surface area (Å²) in [5.74, 6) is 2.21. The fourth-order valence-corrected chi connectivity index (χ4v) is 4.91. The first-order valence-corrected chi connectivity index (χ1v) is 13.3. The first kappa shape index (κ1) is 27.1. The highest BCUT2D eigenvalue weighted by atomic mass is 35.5. The monoisotopic (exact) mass is 555 g/mol. The number of hydrogen-bond donors (Lipinski definition) is 0. The quantitative estimate of drug-likeness (QED) is 0.199. The van der Waals surface area contributed by atoms with Crippen molar-refractivity contribution >= 4 is 11.6 Å². The van der Waals surface area contributed by atoms with Crippen LogP contribution in [0.15, 0.2) is 72.9 Å². The summed E-state index contributed by atoms with van der Waals surface area (Å²) >= 11 is 6.41. The molecule has 0 N–H and O–H groups in total. The van der Waals surface area contributed by atoms with Gasteiger partial charge in [-0.25, -0.2) is 4.98 Å². The van der Waals surface area contributed by atoms with Gasteiger partial charge in [0.15, 0.2) is 11.5 Å². The van der Waals surface area contributed by atoms with Crippen molar-refractivity contribution in [3.8, 4) is 22.9 Å². The third-order valence-electron chi connectivity index (χ3n) is 6.70. The molecule has 0 saturated heterocycles. The van der Waals surface area contributed by atoms with E-state index < -0.39 is 11.7 Å². The molecule has 9 heteroatoms. The van der Waals surface area contributed by atoms with Gasteiger partial charge < -0.3 is 14.0 Å². The summed E-state index contributed by atoms with van der Waals surface area (Å²) in [6.07, 6.45) is -0.597. The molecule has 5 rings (SSSR count). The largest absolute Gasteiger partial charge is 0.454 e. The number of aromatic nitrogens is 2. The van der Waals surface area contributed by atoms with Crippen molar-refractivity contribution in [1.29, 1.82) is 0 Å². The van der Waals surface area contributed by atoms with Crippen molar-refractivity contribution in [2.45, 2.75) is 52.1 Å². The molecule has 0 atom stereocenters. The molecule has 0 unspecified atom stereocenters. The fraction of sp³-hybridized carbons (Fsp3) is 0.300. The second-order valence-corrected chi connectivity index (χ2v) is 9.99. The van der Waals surface area contributed by atoms with Gasteiger partial charge in [0, 0.05) is 36.8 Å². The molecule has 0 spiro atoms. The molecule has 0 amide bonds. The van der Waals surface area contributed by atoms with E-state index in [-0.39, 0.29) is 13.3 Å². The van der Waals surface area contributed by atoms with Gasteiger partial charge in [0.2, 0.25) is 6.79 Å². The van der Waals surface area contributed by atoms with Crippen LogP contribution < -0.4 is 9.47 Å². The van der Waals surface area contributed by atoms with E-state index in [9.17, 15) is 13.2 Å². The van der Waals surface area contributed by atoms with Crippen LogP contribution in [0.2, 0.25) is 5.02 Å². The second kappa shape index (κ2) is 11.7. The first-order chi connectivity index (χ1) is 18.8. The van der Waals surface area contributed by atoms with Crippen molar-refractivity contribution < 1.29 is 22.6 Å². The van der Waals surface area contributed by atoms with E-state index in [2.05, 4.69) is 16.4 Å². The minimum atomic E-state index is -4.45. The highest BCUT2D eigenvalue weighted by Crippen LogP contribution is 2.35. The van der Waals surface area contributed by atoms with Crippen LogP contribution in [0.25, 0.3) is 11.4 Å². The van der Waals surface area contributed by atoms with Crippen molar-refractivity contribution in [1.82, 2.24) is 14.5 Å². The smallest absolute Gasteiger partial charge is 0.416 e. The van der Waals surface area contributed by atoms with Crippen LogP contribution in [0.1, 0.15) is 42.1 Å². The van der Waals surface area contributed by atoms with Crippen LogP contribution in [0, 0.1) is 0 Å². The maximum atomic E-state index is 13.5. The lowest BCUT2D eigenvalue weighted by atomic mass is 10.1. The van der Waals surface area contributed by atoms with E-state index in [1.165, 1.54) is 6.07 Å². The molecular weight excluding hydrogens is 527 g/mol. The lowest BCUT2D eigenvalue weighted by molar-refractivity contribution is -0.137. The number of benzene rings is 3. The lowest BCUT2D eigenvalue weighted by Crippen LogP contribution is -2.24. The van der Waals surface area contributed by atoms with E-state index in [1.54, 1.807) is 0 Å². The number of hydrogen-bond acceptors (Lipinski definition) is 4. The molecule has 0 fully saturated rings. The molecule has 1 aliphatic heterocycles. The molecule has 0 saturated carbocycles. The Morgan fingerprint density at radius 1 is 0.949 bits per heavy atom. The van der Waals surface area contributed by atoms with Gasteiger partial charge in [0.25, 0.3) is 0 Å². The molecule has 3 aromatic carbocycles. The number of fused-ring (bicyclic) bond motifs is 1. The predicted molar refractivity (Wildman–Crippen MR) is 145 cm³/mol. The summed E-state index contributed by atoms with van der Waals surface area (Å²) in [5.41, 5.74) is 2.64. The Labute approximate surface area is 230 Å². The average molecular weight is 556 g/mol. The Hall–Kier alpha value is -3.49. The van der Waals surface area contributed by atoms with E-state index in [0.717, 1.165) is 54.2 Å². The van der Waals surface area contributed by atoms with Gasteiger partial charge in [-0.2, -0.15) is 13.2 Å². The molecule has 0 aliphatic carbocycles. The van der Waals surface area contributed by atoms with Gasteiger partial charge in [0.1, 0.15) is 5.82 Å². The van der Waals surface area contributed by atoms with Gasteiger partial charge in [0.05, 0.1) is 17.5 Å². The van der Waals surface area contributed by atoms with Crippen LogP contribution in [0.4, 0.5) is 13.2 Å². The molecule has 1 aromatic heterocycles. The normalized spacial score (nSPS) is 12.9. The molecule has 4 aromatic rings. The molecule has 2 heterocycles. The van der Waals surface area contributed by atoms with E-state index >= 15 is 0 Å². The molecule has 0 bridgehead atoms. The SMILES string of the molecule is CCCCn1c(CN(Cc2ccc3c(c2)OCO3)Cc2cc(C(F)(F)F)ccc2Cl)cnc1-c1ccccc1. The van der Waals surface area contributed by atoms with Gasteiger partial charge in [-0.15, -0.1) is 0 Å². The minimum absolute atomic E-state index is 0.168. The molecule has 1 aliphatic rings. The van der Waals surface area contributed by atoms with Crippen molar-refractivity contribution in [2.75, 3.05) is 6.79 Å². The predicted octanol–water partition coefficient (Wildman–Crippen LogP) is 7.95. The maximum Gasteiger partial charge on any atom is 0.416 e. The van der Waals surface area contributed by atoms with Crippen molar-refractivity contribution in [3.05, 3.63) is 100 Å². The van der Waals surface area contributed by atoms with Crippen LogP contribution in [0.3, 0.4) is 0 Å². The number of ether oxygens (including phenoxy) is 2. The Morgan fingerprint density at radius 3 is 2.51 bits per heavy atom. The highest BCUT2D eigenvalue weighted by Gasteiger charge is 2.31. The molecule has 0 radical (unpaired) electrons. The van der Waals surface area contributed by atoms with Crippen LogP contribution >= 0.6 is 11.6 Å². The first-order valence-electron chi connectivity index (χ1n) is 12.9. The number of nitrogens with zero attached hydrogens (tertiary/aromatic N) is 3. The van der Waals surface area contributed by atoms with Gasteiger partial charge in [-0.05, 0) is 47.9 Å². The molecule has 39 heavy (non-hydrogen) atoms. The number of alkyl halides is 3. The van der Waals surface area contributed by atoms with Crippen LogP contribution in [-0.2, 0) is 32.4 Å². The maximum absolute atomic E-state index is 13.5. The standard InChI is InChI=1S/C30H29ClF3N3O2/c1-2-3-13-37-25(16-35-29(37)22-7-5-4-6-8-22)19-36(17-21-9-12-27-28(14-21)39-20-38-27)18-23-15-24(30(32,33)34)10-11-26(23)31/h4-12,14-16H,2-3,13,17-20H2,1H3. The summed E-state index contributed by atoms with van der Waals surface area (Å²) in [6, 6.07) is 19.2. The summed E-state index contributed by atoms with van der Waals surface area (Å²) in [6.45, 7) is 4.24. The highest BCUT2D eigenvalue weighted by molar-refractivity contribution is 6.31. The average Bonchev–Trinajstić information content (AvgIpc) is 3.55. The van der Waals surface area contributed by atoms with E-state index in [1.807, 2.05) is 54.7 Å². The summed E-state index contributed by atoms with van der Waals surface area (Å²) in [7, 11) is 0. The van der Waals surface area contributed by atoms with Crippen molar-refractivity contribution in [2.24, 2.45) is 0 Å². The zero-order chi connectivity index (χ0) is 27.4. The molecule has 204 valence electrons. The zero-order valence-corrected chi connectivity index (χ0v) is 22.3. The van der Waals surface area contributed by atoms with Crippen LogP contribution in [0.5, 0.6) is 11.5 Å². The van der Waals surface area contributed by atoms with Gasteiger partial charge >= 0.3 is 6.18 Å². The van der Waals surface area contributed by atoms with Gasteiger partial charge in [-0.3, -0.25) is 4.90 Å². The number of halogens is 4. The third kappa shape index (κ3) is 6.40. The molecule has 5 nitrogen and oxygen atoms in total. The summed E-state index contributed by atoms with van der Waals surface area (Å²) < 4.78 is 53.7. The number of rotatable bonds is 10. The summed E-state index contributed by atoms with van der Waals surface area (Å²) in [4.78, 5) is 6.82. The topological polar surface area (TPSA) is 39.5 Å². The number of imidazole rings is 1. The summed E-state index contributed by atoms with van der Waals surface area (Å²) in [5, 5.41) is 0.295. The Balaban J connectivity index is 1.49.